The van der Waals surface area contributed by atoms with Crippen molar-refractivity contribution in [1.82, 2.24) is 5.32 Å². The van der Waals surface area contributed by atoms with E-state index in [1.807, 2.05) is 18.2 Å². The maximum Gasteiger partial charge on any atom is 0.161 e. The number of para-hydroxylation sites is 1. The molecule has 0 spiro atoms. The molecule has 112 valence electrons. The van der Waals surface area contributed by atoms with Crippen molar-refractivity contribution < 1.29 is 19.7 Å². The van der Waals surface area contributed by atoms with Crippen LogP contribution < -0.4 is 14.8 Å². The molecule has 3 N–H and O–H groups in total. The van der Waals surface area contributed by atoms with Gasteiger partial charge in [0.05, 0.1) is 14.2 Å². The first kappa shape index (κ1) is 15.0. The number of phenols is 2. The lowest BCUT2D eigenvalue weighted by Crippen LogP contribution is -2.13. The van der Waals surface area contributed by atoms with Gasteiger partial charge in [-0.15, -0.1) is 0 Å². The maximum absolute atomic E-state index is 9.73. The third-order valence-corrected chi connectivity index (χ3v) is 3.22. The lowest BCUT2D eigenvalue weighted by atomic mass is 10.1. The summed E-state index contributed by atoms with van der Waals surface area (Å²) >= 11 is 0. The highest BCUT2D eigenvalue weighted by Gasteiger charge is 2.07. The molecule has 0 saturated heterocycles. The van der Waals surface area contributed by atoms with Gasteiger partial charge in [-0.05, 0) is 12.1 Å². The van der Waals surface area contributed by atoms with Crippen molar-refractivity contribution in [1.29, 1.82) is 0 Å². The van der Waals surface area contributed by atoms with E-state index < -0.39 is 0 Å². The van der Waals surface area contributed by atoms with E-state index in [0.29, 0.717) is 18.7 Å². The molecule has 2 aromatic carbocycles. The molecule has 2 aromatic rings. The standard InChI is InChI=1S/C16H19NO4/c1-20-13-7-6-11(15(8-13)21-2)9-17-10-12-4-3-5-14(18)16(12)19/h3-8,17-19H,9-10H2,1-2H3. The van der Waals surface area contributed by atoms with Gasteiger partial charge in [0.1, 0.15) is 11.5 Å². The van der Waals surface area contributed by atoms with Gasteiger partial charge in [0.25, 0.3) is 0 Å². The van der Waals surface area contributed by atoms with Crippen molar-refractivity contribution in [2.45, 2.75) is 13.1 Å². The fourth-order valence-corrected chi connectivity index (χ4v) is 2.05. The van der Waals surface area contributed by atoms with Crippen molar-refractivity contribution in [3.05, 3.63) is 47.5 Å². The molecule has 0 fully saturated rings. The highest BCUT2D eigenvalue weighted by Crippen LogP contribution is 2.28. The fraction of sp³-hybridized carbons (Fsp3) is 0.250. The van der Waals surface area contributed by atoms with E-state index in [0.717, 1.165) is 17.1 Å². The van der Waals surface area contributed by atoms with Crippen LogP contribution in [0, 0.1) is 0 Å². The Morgan fingerprint density at radius 1 is 0.952 bits per heavy atom. The minimum absolute atomic E-state index is 0.0910. The van der Waals surface area contributed by atoms with Crippen LogP contribution in [0.5, 0.6) is 23.0 Å². The van der Waals surface area contributed by atoms with Crippen LogP contribution in [0.2, 0.25) is 0 Å². The van der Waals surface area contributed by atoms with Crippen LogP contribution in [0.1, 0.15) is 11.1 Å². The Bertz CT molecular complexity index is 613. The van der Waals surface area contributed by atoms with Crippen LogP contribution >= 0.6 is 0 Å². The van der Waals surface area contributed by atoms with E-state index in [-0.39, 0.29) is 11.5 Å². The van der Waals surface area contributed by atoms with Crippen LogP contribution in [-0.2, 0) is 13.1 Å². The zero-order valence-electron chi connectivity index (χ0n) is 12.1. The molecule has 0 amide bonds. The van der Waals surface area contributed by atoms with Gasteiger partial charge in [-0.25, -0.2) is 0 Å². The SMILES string of the molecule is COc1ccc(CNCc2cccc(O)c2O)c(OC)c1. The Morgan fingerprint density at radius 3 is 2.43 bits per heavy atom. The molecule has 21 heavy (non-hydrogen) atoms. The summed E-state index contributed by atoms with van der Waals surface area (Å²) in [7, 11) is 3.22. The monoisotopic (exact) mass is 289 g/mol. The molecule has 0 aromatic heterocycles. The summed E-state index contributed by atoms with van der Waals surface area (Å²) in [5.41, 5.74) is 1.63. The van der Waals surface area contributed by atoms with Crippen molar-refractivity contribution in [3.8, 4) is 23.0 Å². The van der Waals surface area contributed by atoms with Gasteiger partial charge in [-0.1, -0.05) is 18.2 Å². The van der Waals surface area contributed by atoms with Crippen LogP contribution in [-0.4, -0.2) is 24.4 Å². The molecule has 0 radical (unpaired) electrons. The third kappa shape index (κ3) is 3.58. The maximum atomic E-state index is 9.73. The lowest BCUT2D eigenvalue weighted by molar-refractivity contribution is 0.389. The predicted molar refractivity (Wildman–Crippen MR) is 79.9 cm³/mol. The predicted octanol–water partition coefficient (Wildman–Crippen LogP) is 2.40. The summed E-state index contributed by atoms with van der Waals surface area (Å²) in [6, 6.07) is 10.5. The third-order valence-electron chi connectivity index (χ3n) is 3.22. The van der Waals surface area contributed by atoms with Gasteiger partial charge in [0.15, 0.2) is 11.5 Å². The number of nitrogens with one attached hydrogen (secondary N) is 1. The van der Waals surface area contributed by atoms with Gasteiger partial charge in [0.2, 0.25) is 0 Å². The number of hydrogen-bond acceptors (Lipinski definition) is 5. The quantitative estimate of drug-likeness (QED) is 0.712. The van der Waals surface area contributed by atoms with Crippen LogP contribution in [0.15, 0.2) is 36.4 Å². The summed E-state index contributed by atoms with van der Waals surface area (Å²) < 4.78 is 10.5. The van der Waals surface area contributed by atoms with Crippen molar-refractivity contribution >= 4 is 0 Å². The molecule has 0 unspecified atom stereocenters. The lowest BCUT2D eigenvalue weighted by Gasteiger charge is -2.12. The van der Waals surface area contributed by atoms with Crippen LogP contribution in [0.4, 0.5) is 0 Å². The topological polar surface area (TPSA) is 71.0 Å². The van der Waals surface area contributed by atoms with Gasteiger partial charge < -0.3 is 25.0 Å². The summed E-state index contributed by atoms with van der Waals surface area (Å²) in [6.45, 7) is 1.01. The second-order valence-electron chi connectivity index (χ2n) is 4.57. The molecular formula is C16H19NO4. The van der Waals surface area contributed by atoms with Crippen molar-refractivity contribution in [3.63, 3.8) is 0 Å². The molecule has 0 aliphatic rings. The summed E-state index contributed by atoms with van der Waals surface area (Å²) in [4.78, 5) is 0. The van der Waals surface area contributed by atoms with E-state index in [4.69, 9.17) is 9.47 Å². The second kappa shape index (κ2) is 6.85. The van der Waals surface area contributed by atoms with Gasteiger partial charge in [0, 0.05) is 30.3 Å². The normalized spacial score (nSPS) is 10.4. The molecule has 0 saturated carbocycles. The number of aromatic hydroxyl groups is 2. The number of methoxy groups -OCH3 is 2. The first-order valence-electron chi connectivity index (χ1n) is 6.57. The zero-order valence-corrected chi connectivity index (χ0v) is 12.1. The van der Waals surface area contributed by atoms with E-state index in [2.05, 4.69) is 5.32 Å². The molecular weight excluding hydrogens is 270 g/mol. The van der Waals surface area contributed by atoms with Crippen molar-refractivity contribution in [2.75, 3.05) is 14.2 Å². The Labute approximate surface area is 123 Å². The Balaban J connectivity index is 2.02. The zero-order chi connectivity index (χ0) is 15.2. The molecule has 0 bridgehead atoms. The summed E-state index contributed by atoms with van der Waals surface area (Å²) in [5, 5.41) is 22.4. The van der Waals surface area contributed by atoms with E-state index in [9.17, 15) is 10.2 Å². The Kier molecular flexibility index (Phi) is 4.90. The van der Waals surface area contributed by atoms with Gasteiger partial charge in [-0.3, -0.25) is 0 Å². The smallest absolute Gasteiger partial charge is 0.161 e. The average Bonchev–Trinajstić information content (AvgIpc) is 2.51. The highest BCUT2D eigenvalue weighted by molar-refractivity contribution is 5.44. The number of hydrogen-bond donors (Lipinski definition) is 3. The molecule has 5 nitrogen and oxygen atoms in total. The summed E-state index contributed by atoms with van der Waals surface area (Å²) in [5.74, 6) is 1.27. The number of ether oxygens (including phenoxy) is 2. The van der Waals surface area contributed by atoms with Gasteiger partial charge >= 0.3 is 0 Å². The number of phenolic OH excluding ortho intramolecular Hbond substituents is 2. The molecule has 0 aliphatic heterocycles. The Hall–Kier alpha value is -2.40. The van der Waals surface area contributed by atoms with Crippen LogP contribution in [0.25, 0.3) is 0 Å². The molecule has 0 atom stereocenters. The van der Waals surface area contributed by atoms with Crippen molar-refractivity contribution in [2.24, 2.45) is 0 Å². The highest BCUT2D eigenvalue weighted by atomic mass is 16.5. The van der Waals surface area contributed by atoms with E-state index >= 15 is 0 Å². The summed E-state index contributed by atoms with van der Waals surface area (Å²) in [6.07, 6.45) is 0. The largest absolute Gasteiger partial charge is 0.504 e. The first-order valence-corrected chi connectivity index (χ1v) is 6.57. The van der Waals surface area contributed by atoms with E-state index in [1.54, 1.807) is 26.4 Å². The number of benzene rings is 2. The minimum atomic E-state index is -0.115. The van der Waals surface area contributed by atoms with Crippen LogP contribution in [0.3, 0.4) is 0 Å². The van der Waals surface area contributed by atoms with E-state index in [1.165, 1.54) is 6.07 Å². The van der Waals surface area contributed by atoms with Gasteiger partial charge in [-0.2, -0.15) is 0 Å². The molecule has 5 heteroatoms. The number of rotatable bonds is 6. The molecule has 0 aliphatic carbocycles. The first-order chi connectivity index (χ1) is 10.2. The molecule has 0 heterocycles. The minimum Gasteiger partial charge on any atom is -0.504 e. The average molecular weight is 289 g/mol. The fourth-order valence-electron chi connectivity index (χ4n) is 2.05. The second-order valence-corrected chi connectivity index (χ2v) is 4.57. The molecule has 2 rings (SSSR count). The Morgan fingerprint density at radius 2 is 1.71 bits per heavy atom.